The van der Waals surface area contributed by atoms with Gasteiger partial charge in [-0.2, -0.15) is 0 Å². The summed E-state index contributed by atoms with van der Waals surface area (Å²) >= 11 is 0. The Bertz CT molecular complexity index is 1140. The standard InChI is InChI=1S/C58H111N3O8S2/c1-5-9-13-17-21-27-37-53(38-28-22-18-14-10-6-2)55(62)66-47-35-33-44-61(58(65)69-50-52-71-70-51-49-68-57(64)59-41-46-60-42-31-25-26-32-43-60)45-34-36-48-67-56(63)54(39-29-23-19-15-11-7-3)40-30-24-20-16-12-8-4/h53-54H,5-52H2,1-4H3,(H,59,64). The van der Waals surface area contributed by atoms with Gasteiger partial charge < -0.3 is 34.1 Å². The first kappa shape index (κ1) is 67.2. The van der Waals surface area contributed by atoms with Crippen LogP contribution in [0.25, 0.3) is 0 Å². The molecule has 71 heavy (non-hydrogen) atoms. The molecule has 1 fully saturated rings. The van der Waals surface area contributed by atoms with E-state index in [1.807, 2.05) is 0 Å². The first-order chi connectivity index (χ1) is 34.9. The van der Waals surface area contributed by atoms with E-state index in [9.17, 15) is 19.2 Å². The maximum Gasteiger partial charge on any atom is 0.409 e. The lowest BCUT2D eigenvalue weighted by Crippen LogP contribution is -2.35. The number of amides is 2. The molecule has 0 unspecified atom stereocenters. The fraction of sp³-hybridized carbons (Fsp3) is 0.931. The molecule has 1 saturated heterocycles. The smallest absolute Gasteiger partial charge is 0.409 e. The summed E-state index contributed by atoms with van der Waals surface area (Å²) in [5.74, 6) is 1.11. The maximum absolute atomic E-state index is 13.5. The zero-order chi connectivity index (χ0) is 51.5. The van der Waals surface area contributed by atoms with E-state index in [1.165, 1.54) is 154 Å². The molecular weight excluding hydrogens is 931 g/mol. The van der Waals surface area contributed by atoms with E-state index in [1.54, 1.807) is 26.5 Å². The lowest BCUT2D eigenvalue weighted by atomic mass is 9.94. The van der Waals surface area contributed by atoms with Crippen LogP contribution in [-0.4, -0.2) is 111 Å². The number of carbonyl (C=O) groups excluding carboxylic acids is 4. The summed E-state index contributed by atoms with van der Waals surface area (Å²) < 4.78 is 22.9. The second-order valence-corrected chi connectivity index (χ2v) is 23.1. The molecule has 1 N–H and O–H groups in total. The van der Waals surface area contributed by atoms with Crippen LogP contribution in [0.5, 0.6) is 0 Å². The lowest BCUT2D eigenvalue weighted by molar-refractivity contribution is -0.150. The van der Waals surface area contributed by atoms with E-state index in [0.717, 1.165) is 71.0 Å². The highest BCUT2D eigenvalue weighted by atomic mass is 33.1. The van der Waals surface area contributed by atoms with Crippen molar-refractivity contribution in [2.45, 2.75) is 259 Å². The fourth-order valence-corrected chi connectivity index (χ4v) is 11.1. The van der Waals surface area contributed by atoms with Crippen LogP contribution in [0.4, 0.5) is 9.59 Å². The van der Waals surface area contributed by atoms with E-state index in [-0.39, 0.29) is 42.6 Å². The van der Waals surface area contributed by atoms with Crippen molar-refractivity contribution in [2.75, 3.05) is 77.2 Å². The van der Waals surface area contributed by atoms with Gasteiger partial charge in [-0.25, -0.2) is 9.59 Å². The highest BCUT2D eigenvalue weighted by Gasteiger charge is 2.22. The molecule has 0 spiro atoms. The Morgan fingerprint density at radius 1 is 0.451 bits per heavy atom. The van der Waals surface area contributed by atoms with Crippen molar-refractivity contribution in [3.05, 3.63) is 0 Å². The highest BCUT2D eigenvalue weighted by molar-refractivity contribution is 8.76. The van der Waals surface area contributed by atoms with Gasteiger partial charge in [0, 0.05) is 37.7 Å². The van der Waals surface area contributed by atoms with Crippen LogP contribution in [-0.2, 0) is 28.5 Å². The average Bonchev–Trinajstić information content (AvgIpc) is 3.65. The van der Waals surface area contributed by atoms with Crippen molar-refractivity contribution in [2.24, 2.45) is 11.8 Å². The Hall–Kier alpha value is -1.86. The first-order valence-electron chi connectivity index (χ1n) is 30.0. The third-order valence-electron chi connectivity index (χ3n) is 14.0. The SMILES string of the molecule is CCCCCCCCC(CCCCCCCC)C(=O)OCCCCN(CCCCOC(=O)C(CCCCCCCC)CCCCCCCC)C(=O)OCCSSCCOC(=O)NCCN1CCCCCC1. The van der Waals surface area contributed by atoms with Gasteiger partial charge in [0.1, 0.15) is 13.2 Å². The van der Waals surface area contributed by atoms with Gasteiger partial charge in [-0.3, -0.25) is 9.59 Å². The number of nitrogens with zero attached hydrogens (tertiary/aromatic N) is 2. The molecule has 0 atom stereocenters. The Kier molecular flexibility index (Phi) is 48.8. The molecule has 0 aromatic heterocycles. The number of likely N-dealkylation sites (tertiary alicyclic amines) is 1. The van der Waals surface area contributed by atoms with Crippen LogP contribution in [0.15, 0.2) is 0 Å². The number of nitrogens with one attached hydrogen (secondary N) is 1. The molecule has 0 radical (unpaired) electrons. The zero-order valence-electron chi connectivity index (χ0n) is 46.6. The number of unbranched alkanes of at least 4 members (excludes halogenated alkanes) is 22. The largest absolute Gasteiger partial charge is 0.465 e. The van der Waals surface area contributed by atoms with E-state index < -0.39 is 0 Å². The maximum atomic E-state index is 13.5. The molecule has 1 aliphatic heterocycles. The second kappa shape index (κ2) is 51.6. The molecule has 0 aromatic rings. The first-order valence-corrected chi connectivity index (χ1v) is 32.5. The minimum absolute atomic E-state index is 0.0266. The van der Waals surface area contributed by atoms with E-state index in [4.69, 9.17) is 18.9 Å². The van der Waals surface area contributed by atoms with Gasteiger partial charge in [-0.1, -0.05) is 216 Å². The van der Waals surface area contributed by atoms with Crippen LogP contribution in [0.2, 0.25) is 0 Å². The van der Waals surface area contributed by atoms with Crippen LogP contribution in [0.3, 0.4) is 0 Å². The van der Waals surface area contributed by atoms with Crippen molar-refractivity contribution in [3.8, 4) is 0 Å². The Morgan fingerprint density at radius 2 is 0.831 bits per heavy atom. The molecule has 0 bridgehead atoms. The van der Waals surface area contributed by atoms with Gasteiger partial charge in [0.15, 0.2) is 0 Å². The molecule has 418 valence electrons. The molecule has 0 saturated carbocycles. The number of alkyl carbamates (subject to hydrolysis) is 1. The van der Waals surface area contributed by atoms with Crippen LogP contribution >= 0.6 is 21.6 Å². The van der Waals surface area contributed by atoms with E-state index >= 15 is 0 Å². The van der Waals surface area contributed by atoms with Gasteiger partial charge in [0.05, 0.1) is 25.0 Å². The predicted octanol–water partition coefficient (Wildman–Crippen LogP) is 16.3. The van der Waals surface area contributed by atoms with Crippen molar-refractivity contribution in [3.63, 3.8) is 0 Å². The summed E-state index contributed by atoms with van der Waals surface area (Å²) in [5, 5.41) is 2.87. The second-order valence-electron chi connectivity index (χ2n) is 20.4. The number of hydrogen-bond donors (Lipinski definition) is 1. The molecular formula is C58H111N3O8S2. The molecule has 1 heterocycles. The van der Waals surface area contributed by atoms with Crippen molar-refractivity contribution in [1.29, 1.82) is 0 Å². The van der Waals surface area contributed by atoms with Gasteiger partial charge in [-0.15, -0.1) is 0 Å². The van der Waals surface area contributed by atoms with Crippen molar-refractivity contribution in [1.82, 2.24) is 15.1 Å². The Morgan fingerprint density at radius 3 is 1.24 bits per heavy atom. The topological polar surface area (TPSA) is 124 Å². The number of ether oxygens (including phenoxy) is 4. The van der Waals surface area contributed by atoms with Crippen LogP contribution in [0.1, 0.15) is 259 Å². The van der Waals surface area contributed by atoms with E-state index in [2.05, 4.69) is 37.9 Å². The molecule has 0 aromatic carbocycles. The summed E-state index contributed by atoms with van der Waals surface area (Å²) in [6, 6.07) is 0. The molecule has 1 rings (SSSR count). The van der Waals surface area contributed by atoms with Gasteiger partial charge in [0.2, 0.25) is 0 Å². The molecule has 0 aliphatic carbocycles. The minimum Gasteiger partial charge on any atom is -0.465 e. The van der Waals surface area contributed by atoms with E-state index in [0.29, 0.717) is 76.6 Å². The third kappa shape index (κ3) is 42.1. The van der Waals surface area contributed by atoms with Crippen LogP contribution < -0.4 is 5.32 Å². The van der Waals surface area contributed by atoms with Crippen LogP contribution in [0, 0.1) is 11.8 Å². The Balaban J connectivity index is 2.65. The molecule has 2 amide bonds. The van der Waals surface area contributed by atoms with Crippen molar-refractivity contribution >= 4 is 45.7 Å². The minimum atomic E-state index is -0.372. The predicted molar refractivity (Wildman–Crippen MR) is 301 cm³/mol. The van der Waals surface area contributed by atoms with Crippen molar-refractivity contribution < 1.29 is 38.1 Å². The molecule has 13 heteroatoms. The molecule has 11 nitrogen and oxygen atoms in total. The Labute approximate surface area is 444 Å². The summed E-state index contributed by atoms with van der Waals surface area (Å²) in [6.07, 6.45) is 39.9. The summed E-state index contributed by atoms with van der Waals surface area (Å²) in [7, 11) is 3.20. The fourth-order valence-electron chi connectivity index (χ4n) is 9.40. The summed E-state index contributed by atoms with van der Waals surface area (Å²) in [6.45, 7) is 15.0. The van der Waals surface area contributed by atoms with Gasteiger partial charge in [0.25, 0.3) is 0 Å². The number of esters is 2. The summed E-state index contributed by atoms with van der Waals surface area (Å²) in [4.78, 5) is 56.5. The average molecular weight is 1040 g/mol. The highest BCUT2D eigenvalue weighted by Crippen LogP contribution is 2.24. The number of hydrogen-bond acceptors (Lipinski definition) is 11. The number of carbonyl (C=O) groups is 4. The zero-order valence-corrected chi connectivity index (χ0v) is 48.2. The summed E-state index contributed by atoms with van der Waals surface area (Å²) in [5.41, 5.74) is 0. The normalized spacial score (nSPS) is 13.1. The third-order valence-corrected chi connectivity index (χ3v) is 16.3. The van der Waals surface area contributed by atoms with Gasteiger partial charge in [-0.05, 0) is 77.3 Å². The van der Waals surface area contributed by atoms with Gasteiger partial charge >= 0.3 is 24.1 Å². The quantitative estimate of drug-likeness (QED) is 0.0271. The number of rotatable bonds is 50. The lowest BCUT2D eigenvalue weighted by Gasteiger charge is -2.22. The molecule has 1 aliphatic rings. The monoisotopic (exact) mass is 1040 g/mol.